The van der Waals surface area contributed by atoms with Crippen LogP contribution in [-0.2, 0) is 28.6 Å². The Morgan fingerprint density at radius 3 is 2.28 bits per heavy atom. The van der Waals surface area contributed by atoms with Crippen LogP contribution in [0.4, 0.5) is 4.39 Å². The first kappa shape index (κ1) is 46.5. The average Bonchev–Trinajstić information content (AvgIpc) is 4.00. The molecule has 2 heterocycles. The van der Waals surface area contributed by atoms with Crippen LogP contribution in [0.15, 0.2) is 42.6 Å². The van der Waals surface area contributed by atoms with E-state index in [0.29, 0.717) is 50.4 Å². The number of aromatic amines is 1. The third-order valence-electron chi connectivity index (χ3n) is 20.8. The fraction of sp³-hybridized carbons (Fsp3) is 0.741. The number of amides is 1. The number of aromatic nitrogens is 2. The van der Waals surface area contributed by atoms with E-state index in [1.807, 2.05) is 13.8 Å². The lowest BCUT2D eigenvalue weighted by molar-refractivity contribution is -0.251. The van der Waals surface area contributed by atoms with Gasteiger partial charge in [-0.3, -0.25) is 14.4 Å². The van der Waals surface area contributed by atoms with Gasteiger partial charge in [0, 0.05) is 25.5 Å². The molecule has 356 valence electrons. The van der Waals surface area contributed by atoms with E-state index in [1.54, 1.807) is 25.4 Å². The van der Waals surface area contributed by atoms with Gasteiger partial charge < -0.3 is 29.2 Å². The summed E-state index contributed by atoms with van der Waals surface area (Å²) in [7, 11) is 1.67. The maximum Gasteiger partial charge on any atom is 0.309 e. The number of nitrogens with zero attached hydrogens (tertiary/aromatic N) is 2. The number of carbonyl (C=O) groups excluding carboxylic acids is 2. The Hall–Kier alpha value is -3.57. The summed E-state index contributed by atoms with van der Waals surface area (Å²) in [5, 5.41) is 9.73. The minimum Gasteiger partial charge on any atom is -0.481 e. The number of imidazole rings is 1. The summed E-state index contributed by atoms with van der Waals surface area (Å²) >= 11 is 0. The number of hydrogen-bond acceptors (Lipinski definition) is 7. The molecule has 7 aliphatic rings. The summed E-state index contributed by atoms with van der Waals surface area (Å²) in [6.45, 7) is 24.5. The second-order valence-electron chi connectivity index (χ2n) is 24.0. The van der Waals surface area contributed by atoms with Gasteiger partial charge in [0.15, 0.2) is 0 Å². The number of hydrogen-bond donors (Lipinski definition) is 2. The molecule has 2 N–H and O–H groups in total. The number of nitrogens with one attached hydrogen (secondary N) is 1. The summed E-state index contributed by atoms with van der Waals surface area (Å²) in [4.78, 5) is 52.1. The molecular formula is C54H76FN3O7. The van der Waals surface area contributed by atoms with Crippen LogP contribution in [0.1, 0.15) is 144 Å². The highest BCUT2D eigenvalue weighted by Crippen LogP contribution is 2.78. The molecule has 65 heavy (non-hydrogen) atoms. The zero-order chi connectivity index (χ0) is 46.6. The zero-order valence-corrected chi connectivity index (χ0v) is 40.6. The fourth-order valence-corrected chi connectivity index (χ4v) is 16.9. The summed E-state index contributed by atoms with van der Waals surface area (Å²) in [6.07, 6.45) is 12.4. The molecule has 11 heteroatoms. The Morgan fingerprint density at radius 2 is 1.60 bits per heavy atom. The van der Waals surface area contributed by atoms with Gasteiger partial charge in [-0.25, -0.2) is 9.37 Å². The molecule has 6 aliphatic carbocycles. The molecular weight excluding hydrogens is 822 g/mol. The maximum atomic E-state index is 15.9. The van der Waals surface area contributed by atoms with Crippen LogP contribution < -0.4 is 0 Å². The molecule has 1 aromatic carbocycles. The van der Waals surface area contributed by atoms with Gasteiger partial charge >= 0.3 is 11.9 Å². The lowest BCUT2D eigenvalue weighted by Crippen LogP contribution is -2.67. The highest BCUT2D eigenvalue weighted by Gasteiger charge is 2.73. The molecule has 1 aromatic heterocycles. The number of carboxylic acids is 1. The lowest BCUT2D eigenvalue weighted by atomic mass is 9.32. The predicted octanol–water partition coefficient (Wildman–Crippen LogP) is 10.8. The van der Waals surface area contributed by atoms with Crippen molar-refractivity contribution in [3.05, 3.63) is 54.3 Å². The van der Waals surface area contributed by atoms with Gasteiger partial charge in [-0.05, 0) is 159 Å². The van der Waals surface area contributed by atoms with Crippen molar-refractivity contribution < 1.29 is 38.1 Å². The minimum atomic E-state index is -0.832. The number of allylic oxidation sites excluding steroid dienone is 1. The van der Waals surface area contributed by atoms with Crippen molar-refractivity contribution in [2.24, 2.45) is 73.9 Å². The molecule has 7 fully saturated rings. The maximum absolute atomic E-state index is 15.9. The SMILES string of the molecule is C=C(C)[C@@H]1CC[C@]2(C(=O)N3C[C@H](OCCOC)C[C@H]3c3ncc(-c4ccc(F)cc4)[nH]3)CC[C@]3(C)[C@H](CC[C@@H]4[C@@]5(C)CC[C@H](OC(=O)[C@H]6C[C@@H](C(=O)O)C6(C)C)C(C)(C)[C@@H]5CC[C@]43C)[C@@H]12. The molecule has 2 aromatic rings. The molecule has 1 aliphatic heterocycles. The summed E-state index contributed by atoms with van der Waals surface area (Å²) in [6, 6.07) is 6.14. The first-order valence-electron chi connectivity index (χ1n) is 24.9. The summed E-state index contributed by atoms with van der Waals surface area (Å²) < 4.78 is 32.1. The Balaban J connectivity index is 0.983. The number of rotatable bonds is 11. The number of esters is 1. The molecule has 0 bridgehead atoms. The number of benzene rings is 1. The molecule has 1 amide bonds. The molecule has 10 nitrogen and oxygen atoms in total. The van der Waals surface area contributed by atoms with Crippen LogP contribution in [0.25, 0.3) is 11.3 Å². The predicted molar refractivity (Wildman–Crippen MR) is 247 cm³/mol. The van der Waals surface area contributed by atoms with Crippen molar-refractivity contribution in [3.8, 4) is 11.3 Å². The van der Waals surface area contributed by atoms with E-state index in [1.165, 1.54) is 17.7 Å². The van der Waals surface area contributed by atoms with E-state index >= 15 is 4.79 Å². The van der Waals surface area contributed by atoms with Crippen LogP contribution in [-0.4, -0.2) is 76.9 Å². The van der Waals surface area contributed by atoms with Crippen molar-refractivity contribution in [2.45, 2.75) is 151 Å². The van der Waals surface area contributed by atoms with Gasteiger partial charge in [0.1, 0.15) is 17.7 Å². The zero-order valence-electron chi connectivity index (χ0n) is 40.6. The second kappa shape index (κ2) is 16.3. The molecule has 14 atom stereocenters. The number of carboxylic acid groups (broad SMARTS) is 1. The highest BCUT2D eigenvalue weighted by atomic mass is 19.1. The first-order chi connectivity index (χ1) is 30.6. The van der Waals surface area contributed by atoms with E-state index in [0.717, 1.165) is 81.3 Å². The second-order valence-corrected chi connectivity index (χ2v) is 24.0. The number of likely N-dealkylation sites (tertiary alicyclic amines) is 1. The van der Waals surface area contributed by atoms with Crippen LogP contribution in [0.3, 0.4) is 0 Å². The topological polar surface area (TPSA) is 131 Å². The summed E-state index contributed by atoms with van der Waals surface area (Å²) in [5.41, 5.74) is 1.66. The third-order valence-corrected chi connectivity index (χ3v) is 20.8. The normalized spacial score (nSPS) is 41.3. The molecule has 6 saturated carbocycles. The average molecular weight is 898 g/mol. The number of ether oxygens (including phenoxy) is 3. The monoisotopic (exact) mass is 898 g/mol. The van der Waals surface area contributed by atoms with Crippen LogP contribution in [0.5, 0.6) is 0 Å². The third kappa shape index (κ3) is 7.02. The fourth-order valence-electron chi connectivity index (χ4n) is 16.9. The van der Waals surface area contributed by atoms with Crippen molar-refractivity contribution in [1.29, 1.82) is 0 Å². The molecule has 9 rings (SSSR count). The highest BCUT2D eigenvalue weighted by molar-refractivity contribution is 5.85. The van der Waals surface area contributed by atoms with Gasteiger partial charge in [-0.15, -0.1) is 0 Å². The number of methoxy groups -OCH3 is 1. The van der Waals surface area contributed by atoms with Gasteiger partial charge in [0.25, 0.3) is 0 Å². The Morgan fingerprint density at radius 1 is 0.862 bits per heavy atom. The van der Waals surface area contributed by atoms with Crippen molar-refractivity contribution in [2.75, 3.05) is 26.9 Å². The number of halogens is 1. The van der Waals surface area contributed by atoms with Crippen LogP contribution in [0, 0.1) is 79.7 Å². The Kier molecular flexibility index (Phi) is 11.7. The Labute approximate surface area is 386 Å². The van der Waals surface area contributed by atoms with Gasteiger partial charge in [0.2, 0.25) is 5.91 Å². The van der Waals surface area contributed by atoms with E-state index < -0.39 is 22.7 Å². The van der Waals surface area contributed by atoms with Crippen molar-refractivity contribution in [1.82, 2.24) is 14.9 Å². The quantitative estimate of drug-likeness (QED) is 0.130. The molecule has 1 saturated heterocycles. The molecule has 0 spiro atoms. The van der Waals surface area contributed by atoms with E-state index in [2.05, 4.69) is 58.0 Å². The smallest absolute Gasteiger partial charge is 0.309 e. The van der Waals surface area contributed by atoms with Crippen LogP contribution >= 0.6 is 0 Å². The largest absolute Gasteiger partial charge is 0.481 e. The van der Waals surface area contributed by atoms with E-state index in [4.69, 9.17) is 19.2 Å². The van der Waals surface area contributed by atoms with Gasteiger partial charge in [-0.1, -0.05) is 60.6 Å². The standard InChI is InChI=1S/C54H76FN3O7/c1-31(2)35-17-22-54(48(62)58-30-34(64-26-25-63-10)27-40(58)45-56-29-39(57-45)32-11-13-33(55)14-12-32)24-23-52(8)36(44(35)54)15-16-42-51(7)20-19-43(50(5,6)41(51)18-21-53(42,52)9)65-47(61)38-28-37(46(59)60)49(38,3)4/h11-14,29,34-38,40-44H,1,15-28,30H2,2-10H3,(H,56,57)(H,59,60)/t34-,35+,36-,37+,38-,40+,41+,42-,43+,44-,51+,52-,53-,54+/m1/s1. The number of H-pyrrole nitrogens is 1. The van der Waals surface area contributed by atoms with Crippen molar-refractivity contribution in [3.63, 3.8) is 0 Å². The first-order valence-corrected chi connectivity index (χ1v) is 24.9. The number of fused-ring (bicyclic) bond motifs is 7. The number of aliphatic carboxylic acids is 1. The van der Waals surface area contributed by atoms with E-state index in [-0.39, 0.29) is 75.4 Å². The molecule has 0 radical (unpaired) electrons. The molecule has 0 unspecified atom stereocenters. The van der Waals surface area contributed by atoms with E-state index in [9.17, 15) is 19.1 Å². The Bertz CT molecular complexity index is 2190. The van der Waals surface area contributed by atoms with Gasteiger partial charge in [0.05, 0.1) is 54.5 Å². The van der Waals surface area contributed by atoms with Gasteiger partial charge in [-0.2, -0.15) is 0 Å². The lowest BCUT2D eigenvalue weighted by Gasteiger charge is -2.73. The van der Waals surface area contributed by atoms with Crippen molar-refractivity contribution >= 4 is 17.8 Å². The van der Waals surface area contributed by atoms with Crippen LogP contribution in [0.2, 0.25) is 0 Å². The minimum absolute atomic E-state index is 0.0294. The summed E-state index contributed by atoms with van der Waals surface area (Å²) in [5.74, 6) is 0.463. The number of carbonyl (C=O) groups is 3.